The van der Waals surface area contributed by atoms with E-state index in [0.717, 1.165) is 31.5 Å². The summed E-state index contributed by atoms with van der Waals surface area (Å²) < 4.78 is 18.7. The second-order valence-corrected chi connectivity index (χ2v) is 6.42. The molecule has 1 saturated heterocycles. The Morgan fingerprint density at radius 1 is 1.46 bits per heavy atom. The van der Waals surface area contributed by atoms with Gasteiger partial charge in [-0.25, -0.2) is 4.39 Å². The van der Waals surface area contributed by atoms with Crippen LogP contribution in [0.5, 0.6) is 0 Å². The number of nitrogens with one attached hydrogen (secondary N) is 1. The first-order chi connectivity index (χ1) is 11.5. The number of hydrogen-bond donors (Lipinski definition) is 2. The number of rotatable bonds is 7. The molecule has 0 spiro atoms. The van der Waals surface area contributed by atoms with E-state index in [1.807, 2.05) is 13.0 Å². The van der Waals surface area contributed by atoms with Crippen LogP contribution in [0.2, 0.25) is 0 Å². The number of methoxy groups -OCH3 is 1. The Morgan fingerprint density at radius 2 is 2.17 bits per heavy atom. The van der Waals surface area contributed by atoms with Gasteiger partial charge >= 0.3 is 0 Å². The average molecular weight is 335 g/mol. The minimum absolute atomic E-state index is 0.0304. The molecule has 0 aromatic heterocycles. The Balaban J connectivity index is 1.81. The summed E-state index contributed by atoms with van der Waals surface area (Å²) >= 11 is 0. The lowest BCUT2D eigenvalue weighted by Gasteiger charge is -2.34. The van der Waals surface area contributed by atoms with Crippen LogP contribution in [0, 0.1) is 17.1 Å². The molecule has 2 rings (SSSR count). The molecule has 1 fully saturated rings. The summed E-state index contributed by atoms with van der Waals surface area (Å²) in [5.74, 6) is -0.467. The molecule has 2 N–H and O–H groups in total. The van der Waals surface area contributed by atoms with Gasteiger partial charge in [0.05, 0.1) is 18.3 Å². The van der Waals surface area contributed by atoms with E-state index in [4.69, 9.17) is 10.00 Å². The van der Waals surface area contributed by atoms with Gasteiger partial charge < -0.3 is 20.1 Å². The summed E-state index contributed by atoms with van der Waals surface area (Å²) in [5.41, 5.74) is 0.929. The van der Waals surface area contributed by atoms with E-state index >= 15 is 0 Å². The van der Waals surface area contributed by atoms with Crippen molar-refractivity contribution in [3.05, 3.63) is 35.1 Å². The van der Waals surface area contributed by atoms with Gasteiger partial charge in [-0.2, -0.15) is 5.26 Å². The first-order valence-electron chi connectivity index (χ1n) is 8.38. The monoisotopic (exact) mass is 335 g/mol. The maximum atomic E-state index is 13.7. The van der Waals surface area contributed by atoms with E-state index in [1.54, 1.807) is 13.2 Å². The first-order valence-corrected chi connectivity index (χ1v) is 8.38. The molecule has 0 bridgehead atoms. The number of aliphatic hydroxyl groups is 1. The molecule has 6 heteroatoms. The van der Waals surface area contributed by atoms with Crippen LogP contribution in [0.3, 0.4) is 0 Å². The van der Waals surface area contributed by atoms with E-state index < -0.39 is 11.9 Å². The first kappa shape index (κ1) is 18.8. The molecule has 1 aromatic rings. The van der Waals surface area contributed by atoms with E-state index in [-0.39, 0.29) is 11.6 Å². The zero-order valence-electron chi connectivity index (χ0n) is 14.3. The highest BCUT2D eigenvalue weighted by Gasteiger charge is 2.22. The minimum Gasteiger partial charge on any atom is -0.389 e. The topological polar surface area (TPSA) is 68.5 Å². The van der Waals surface area contributed by atoms with Crippen molar-refractivity contribution in [3.8, 4) is 6.07 Å². The van der Waals surface area contributed by atoms with Crippen molar-refractivity contribution in [2.45, 2.75) is 38.0 Å². The summed E-state index contributed by atoms with van der Waals surface area (Å²) in [5, 5.41) is 22.1. The molecule has 1 aliphatic rings. The molecule has 5 nitrogen and oxygen atoms in total. The highest BCUT2D eigenvalue weighted by atomic mass is 19.1. The van der Waals surface area contributed by atoms with Crippen LogP contribution in [0.15, 0.2) is 18.2 Å². The molecule has 1 heterocycles. The van der Waals surface area contributed by atoms with E-state index in [1.165, 1.54) is 12.1 Å². The van der Waals surface area contributed by atoms with Crippen LogP contribution in [0.25, 0.3) is 0 Å². The number of halogens is 1. The van der Waals surface area contributed by atoms with Gasteiger partial charge in [0.1, 0.15) is 11.9 Å². The van der Waals surface area contributed by atoms with Crippen LogP contribution >= 0.6 is 0 Å². The molecule has 1 aromatic carbocycles. The second kappa shape index (κ2) is 9.09. The van der Waals surface area contributed by atoms with Crippen molar-refractivity contribution in [1.29, 1.82) is 5.26 Å². The van der Waals surface area contributed by atoms with Crippen LogP contribution in [-0.2, 0) is 4.74 Å². The van der Waals surface area contributed by atoms with Crippen molar-refractivity contribution < 1.29 is 14.2 Å². The van der Waals surface area contributed by atoms with Crippen LogP contribution in [0.4, 0.5) is 4.39 Å². The third-order valence-electron chi connectivity index (χ3n) is 4.51. The lowest BCUT2D eigenvalue weighted by atomic mass is 10.0. The SMILES string of the molecule is COCC(O)CN1CCC(NC(C)c2ccc(C#N)c(F)c2)CC1. The molecule has 132 valence electrons. The lowest BCUT2D eigenvalue weighted by molar-refractivity contribution is 0.0308. The molecule has 0 saturated carbocycles. The number of nitrogens with zero attached hydrogens (tertiary/aromatic N) is 2. The molecule has 2 unspecified atom stereocenters. The third-order valence-corrected chi connectivity index (χ3v) is 4.51. The Kier molecular flexibility index (Phi) is 7.13. The minimum atomic E-state index is -0.467. The van der Waals surface area contributed by atoms with Crippen molar-refractivity contribution in [3.63, 3.8) is 0 Å². The quantitative estimate of drug-likeness (QED) is 0.795. The molecule has 0 amide bonds. The number of aliphatic hydroxyl groups excluding tert-OH is 1. The summed E-state index contributed by atoms with van der Waals surface area (Å²) in [4.78, 5) is 2.24. The van der Waals surface area contributed by atoms with Gasteiger partial charge in [-0.1, -0.05) is 6.07 Å². The number of benzene rings is 1. The number of nitriles is 1. The van der Waals surface area contributed by atoms with Gasteiger partial charge in [-0.15, -0.1) is 0 Å². The zero-order valence-corrected chi connectivity index (χ0v) is 14.3. The van der Waals surface area contributed by atoms with Gasteiger partial charge in [0.2, 0.25) is 0 Å². The van der Waals surface area contributed by atoms with Crippen molar-refractivity contribution in [2.24, 2.45) is 0 Å². The molecule has 1 aliphatic heterocycles. The van der Waals surface area contributed by atoms with Gasteiger partial charge in [-0.3, -0.25) is 0 Å². The average Bonchev–Trinajstić information content (AvgIpc) is 2.56. The molecule has 0 radical (unpaired) electrons. The third kappa shape index (κ3) is 5.25. The Labute approximate surface area is 143 Å². The number of likely N-dealkylation sites (tertiary alicyclic amines) is 1. The van der Waals surface area contributed by atoms with Gasteiger partial charge in [-0.05, 0) is 50.6 Å². The van der Waals surface area contributed by atoms with Gasteiger partial charge in [0.25, 0.3) is 0 Å². The lowest BCUT2D eigenvalue weighted by Crippen LogP contribution is -2.46. The molecule has 2 atom stereocenters. The highest BCUT2D eigenvalue weighted by molar-refractivity contribution is 5.34. The van der Waals surface area contributed by atoms with Crippen molar-refractivity contribution in [2.75, 3.05) is 33.4 Å². The van der Waals surface area contributed by atoms with Crippen molar-refractivity contribution in [1.82, 2.24) is 10.2 Å². The summed E-state index contributed by atoms with van der Waals surface area (Å²) in [7, 11) is 1.59. The van der Waals surface area contributed by atoms with Gasteiger partial charge in [0.15, 0.2) is 0 Å². The Morgan fingerprint density at radius 3 is 2.75 bits per heavy atom. The molecular weight excluding hydrogens is 309 g/mol. The largest absolute Gasteiger partial charge is 0.389 e. The molecule has 0 aliphatic carbocycles. The smallest absolute Gasteiger partial charge is 0.141 e. The fraction of sp³-hybridized carbons (Fsp3) is 0.611. The molecular formula is C18H26FN3O2. The van der Waals surface area contributed by atoms with Gasteiger partial charge in [0, 0.05) is 25.7 Å². The number of hydrogen-bond acceptors (Lipinski definition) is 5. The number of ether oxygens (including phenoxy) is 1. The fourth-order valence-electron chi connectivity index (χ4n) is 3.17. The van der Waals surface area contributed by atoms with Crippen LogP contribution in [0.1, 0.15) is 36.9 Å². The Bertz CT molecular complexity index is 568. The summed E-state index contributed by atoms with van der Waals surface area (Å²) in [6, 6.07) is 7.01. The van der Waals surface area contributed by atoms with Crippen LogP contribution < -0.4 is 5.32 Å². The molecule has 24 heavy (non-hydrogen) atoms. The zero-order chi connectivity index (χ0) is 17.5. The predicted octanol–water partition coefficient (Wildman–Crippen LogP) is 1.82. The summed E-state index contributed by atoms with van der Waals surface area (Å²) in [6.07, 6.45) is 1.53. The maximum Gasteiger partial charge on any atom is 0.141 e. The summed E-state index contributed by atoms with van der Waals surface area (Å²) in [6.45, 7) is 4.85. The fourth-order valence-corrected chi connectivity index (χ4v) is 3.17. The second-order valence-electron chi connectivity index (χ2n) is 6.42. The van der Waals surface area contributed by atoms with E-state index in [0.29, 0.717) is 19.2 Å². The maximum absolute atomic E-state index is 13.7. The highest BCUT2D eigenvalue weighted by Crippen LogP contribution is 2.19. The predicted molar refractivity (Wildman–Crippen MR) is 90.0 cm³/mol. The van der Waals surface area contributed by atoms with Crippen LogP contribution in [-0.4, -0.2) is 55.5 Å². The van der Waals surface area contributed by atoms with Crippen molar-refractivity contribution >= 4 is 0 Å². The van der Waals surface area contributed by atoms with E-state index in [2.05, 4.69) is 10.2 Å². The number of piperidine rings is 1. The normalized spacial score (nSPS) is 19.0. The number of β-amino-alcohol motifs (C(OH)–C–C–N with tert-alkyl or cyclic N) is 1. The van der Waals surface area contributed by atoms with E-state index in [9.17, 15) is 9.50 Å². The standard InChI is InChI=1S/C18H26FN3O2/c1-13(14-3-4-15(10-20)18(19)9-14)21-16-5-7-22(8-6-16)11-17(23)12-24-2/h3-4,9,13,16-17,21,23H,5-8,11-12H2,1-2H3. The Hall–Kier alpha value is -1.52.